The normalized spacial score (nSPS) is 18.8. The summed E-state index contributed by atoms with van der Waals surface area (Å²) in [6.07, 6.45) is -0.0806. The molecule has 0 saturated heterocycles. The highest BCUT2D eigenvalue weighted by molar-refractivity contribution is 9.10. The van der Waals surface area contributed by atoms with Crippen LogP contribution in [-0.2, 0) is 6.42 Å². The van der Waals surface area contributed by atoms with Gasteiger partial charge in [0.25, 0.3) is 0 Å². The first-order valence-corrected chi connectivity index (χ1v) is 8.46. The lowest BCUT2D eigenvalue weighted by Gasteiger charge is -2.20. The molecule has 2 aromatic rings. The number of nitrogens with one attached hydrogen (secondary N) is 2. The van der Waals surface area contributed by atoms with E-state index in [-0.39, 0.29) is 6.03 Å². The highest BCUT2D eigenvalue weighted by Gasteiger charge is 2.32. The van der Waals surface area contributed by atoms with Crippen LogP contribution in [0.5, 0.6) is 5.75 Å². The molecule has 1 aliphatic rings. The maximum atomic E-state index is 12.4. The van der Waals surface area contributed by atoms with E-state index in [2.05, 4.69) is 26.6 Å². The average molecular weight is 391 g/mol. The van der Waals surface area contributed by atoms with Crippen LogP contribution >= 0.6 is 15.9 Å². The SMILES string of the molecule is COc1cc(Br)cc(C)c1NC(=O)N[C@@H]1c2ccccc2C[C@@H]1O. The number of aliphatic hydroxyl groups excluding tert-OH is 1. The molecule has 24 heavy (non-hydrogen) atoms. The molecule has 0 fully saturated rings. The lowest BCUT2D eigenvalue weighted by Crippen LogP contribution is -2.37. The van der Waals surface area contributed by atoms with Gasteiger partial charge < -0.3 is 20.5 Å². The number of amides is 2. The van der Waals surface area contributed by atoms with Crippen molar-refractivity contribution < 1.29 is 14.6 Å². The first-order chi connectivity index (χ1) is 11.5. The zero-order valence-electron chi connectivity index (χ0n) is 13.5. The van der Waals surface area contributed by atoms with Gasteiger partial charge in [0.15, 0.2) is 0 Å². The van der Waals surface area contributed by atoms with Crippen LogP contribution in [-0.4, -0.2) is 24.4 Å². The fourth-order valence-electron chi connectivity index (χ4n) is 3.07. The van der Waals surface area contributed by atoms with Crippen LogP contribution < -0.4 is 15.4 Å². The molecule has 0 saturated carbocycles. The van der Waals surface area contributed by atoms with E-state index >= 15 is 0 Å². The van der Waals surface area contributed by atoms with Gasteiger partial charge in [-0.15, -0.1) is 0 Å². The van der Waals surface area contributed by atoms with Crippen molar-refractivity contribution in [2.75, 3.05) is 12.4 Å². The number of anilines is 1. The minimum atomic E-state index is -0.624. The van der Waals surface area contributed by atoms with Crippen molar-refractivity contribution >= 4 is 27.6 Å². The molecule has 5 nitrogen and oxygen atoms in total. The molecule has 126 valence electrons. The van der Waals surface area contributed by atoms with E-state index in [0.29, 0.717) is 17.9 Å². The van der Waals surface area contributed by atoms with E-state index in [4.69, 9.17) is 4.74 Å². The number of aryl methyl sites for hydroxylation is 1. The quantitative estimate of drug-likeness (QED) is 0.750. The molecule has 0 radical (unpaired) electrons. The summed E-state index contributed by atoms with van der Waals surface area (Å²) < 4.78 is 6.21. The topological polar surface area (TPSA) is 70.6 Å². The number of aliphatic hydroxyl groups is 1. The molecule has 0 aromatic heterocycles. The molecule has 6 heteroatoms. The minimum absolute atomic E-state index is 0.375. The molecular formula is C18H19BrN2O3. The molecule has 0 spiro atoms. The summed E-state index contributed by atoms with van der Waals surface area (Å²) in [5, 5.41) is 15.9. The molecule has 2 amide bonds. The Balaban J connectivity index is 1.78. The molecular weight excluding hydrogens is 372 g/mol. The Morgan fingerprint density at radius 3 is 2.83 bits per heavy atom. The predicted octanol–water partition coefficient (Wildman–Crippen LogP) is 3.55. The number of benzene rings is 2. The monoisotopic (exact) mass is 390 g/mol. The van der Waals surface area contributed by atoms with Gasteiger partial charge in [-0.05, 0) is 35.7 Å². The number of hydrogen-bond acceptors (Lipinski definition) is 3. The fraction of sp³-hybridized carbons (Fsp3) is 0.278. The number of urea groups is 1. The van der Waals surface area contributed by atoms with Gasteiger partial charge in [0.05, 0.1) is 24.9 Å². The fourth-order valence-corrected chi connectivity index (χ4v) is 3.62. The van der Waals surface area contributed by atoms with Crippen molar-refractivity contribution in [2.45, 2.75) is 25.5 Å². The van der Waals surface area contributed by atoms with Gasteiger partial charge in [-0.25, -0.2) is 4.79 Å². The molecule has 2 atom stereocenters. The van der Waals surface area contributed by atoms with E-state index in [9.17, 15) is 9.90 Å². The summed E-state index contributed by atoms with van der Waals surface area (Å²) in [6, 6.07) is 10.7. The summed E-state index contributed by atoms with van der Waals surface area (Å²) in [4.78, 5) is 12.4. The lowest BCUT2D eigenvalue weighted by atomic mass is 10.1. The van der Waals surface area contributed by atoms with Gasteiger partial charge in [0, 0.05) is 10.9 Å². The number of rotatable bonds is 3. The Labute approximate surface area is 149 Å². The Hall–Kier alpha value is -2.05. The van der Waals surface area contributed by atoms with Crippen molar-refractivity contribution in [3.63, 3.8) is 0 Å². The summed E-state index contributed by atoms with van der Waals surface area (Å²) in [5.74, 6) is 0.574. The van der Waals surface area contributed by atoms with Gasteiger partial charge >= 0.3 is 6.03 Å². The summed E-state index contributed by atoms with van der Waals surface area (Å²) in [7, 11) is 1.56. The van der Waals surface area contributed by atoms with Crippen LogP contribution in [0.2, 0.25) is 0 Å². The third kappa shape index (κ3) is 3.25. The first kappa shape index (κ1) is 16.8. The van der Waals surface area contributed by atoms with Crippen molar-refractivity contribution in [2.24, 2.45) is 0 Å². The first-order valence-electron chi connectivity index (χ1n) is 7.67. The van der Waals surface area contributed by atoms with Gasteiger partial charge in [-0.3, -0.25) is 0 Å². The number of carbonyl (C=O) groups excluding carboxylic acids is 1. The Morgan fingerprint density at radius 1 is 1.33 bits per heavy atom. The summed E-state index contributed by atoms with van der Waals surface area (Å²) in [6.45, 7) is 1.89. The number of carbonyl (C=O) groups is 1. The molecule has 2 aromatic carbocycles. The molecule has 0 aliphatic heterocycles. The Morgan fingerprint density at radius 2 is 2.08 bits per heavy atom. The molecule has 0 unspecified atom stereocenters. The standard InChI is InChI=1S/C18H19BrN2O3/c1-10-7-12(19)9-15(24-2)16(10)20-18(23)21-17-13-6-4-3-5-11(13)8-14(17)22/h3-7,9,14,17,22H,8H2,1-2H3,(H2,20,21,23)/t14-,17+/m0/s1. The Bertz CT molecular complexity index is 779. The van der Waals surface area contributed by atoms with Crippen molar-refractivity contribution in [3.8, 4) is 5.75 Å². The zero-order valence-corrected chi connectivity index (χ0v) is 15.1. The van der Waals surface area contributed by atoms with Crippen LogP contribution in [0.4, 0.5) is 10.5 Å². The third-order valence-electron chi connectivity index (χ3n) is 4.21. The number of methoxy groups -OCH3 is 1. The van der Waals surface area contributed by atoms with Crippen LogP contribution in [0.15, 0.2) is 40.9 Å². The van der Waals surface area contributed by atoms with Crippen LogP contribution in [0.25, 0.3) is 0 Å². The minimum Gasteiger partial charge on any atom is -0.495 e. The van der Waals surface area contributed by atoms with Gasteiger partial charge in [0.2, 0.25) is 0 Å². The average Bonchev–Trinajstić information content (AvgIpc) is 2.85. The largest absolute Gasteiger partial charge is 0.495 e. The van der Waals surface area contributed by atoms with E-state index < -0.39 is 12.1 Å². The summed E-state index contributed by atoms with van der Waals surface area (Å²) in [5.41, 5.74) is 3.51. The third-order valence-corrected chi connectivity index (χ3v) is 4.67. The number of halogens is 1. The number of hydrogen-bond donors (Lipinski definition) is 3. The molecule has 3 N–H and O–H groups in total. The predicted molar refractivity (Wildman–Crippen MR) is 96.5 cm³/mol. The van der Waals surface area contributed by atoms with E-state index in [1.807, 2.05) is 37.3 Å². The highest BCUT2D eigenvalue weighted by Crippen LogP contribution is 2.33. The molecule has 0 heterocycles. The maximum absolute atomic E-state index is 12.4. The van der Waals surface area contributed by atoms with Crippen molar-refractivity contribution in [1.29, 1.82) is 0 Å². The highest BCUT2D eigenvalue weighted by atomic mass is 79.9. The van der Waals surface area contributed by atoms with Crippen molar-refractivity contribution in [3.05, 3.63) is 57.6 Å². The maximum Gasteiger partial charge on any atom is 0.319 e. The van der Waals surface area contributed by atoms with Crippen LogP contribution in [0.1, 0.15) is 22.7 Å². The Kier molecular flexibility index (Phi) is 4.78. The summed E-state index contributed by atoms with van der Waals surface area (Å²) >= 11 is 3.41. The molecule has 3 rings (SSSR count). The number of fused-ring (bicyclic) bond motifs is 1. The second-order valence-electron chi connectivity index (χ2n) is 5.85. The lowest BCUT2D eigenvalue weighted by molar-refractivity contribution is 0.144. The smallest absolute Gasteiger partial charge is 0.319 e. The number of ether oxygens (including phenoxy) is 1. The zero-order chi connectivity index (χ0) is 17.3. The van der Waals surface area contributed by atoms with E-state index in [1.165, 1.54) is 0 Å². The van der Waals surface area contributed by atoms with Gasteiger partial charge in [-0.1, -0.05) is 40.2 Å². The van der Waals surface area contributed by atoms with E-state index in [1.54, 1.807) is 13.2 Å². The van der Waals surface area contributed by atoms with Crippen LogP contribution in [0, 0.1) is 6.92 Å². The molecule has 0 bridgehead atoms. The van der Waals surface area contributed by atoms with Gasteiger partial charge in [0.1, 0.15) is 5.75 Å². The van der Waals surface area contributed by atoms with E-state index in [0.717, 1.165) is 21.2 Å². The second-order valence-corrected chi connectivity index (χ2v) is 6.76. The van der Waals surface area contributed by atoms with Gasteiger partial charge in [-0.2, -0.15) is 0 Å². The van der Waals surface area contributed by atoms with Crippen LogP contribution in [0.3, 0.4) is 0 Å². The second kappa shape index (κ2) is 6.83. The van der Waals surface area contributed by atoms with Crippen molar-refractivity contribution in [1.82, 2.24) is 5.32 Å². The molecule has 1 aliphatic carbocycles.